The van der Waals surface area contributed by atoms with E-state index in [0.717, 1.165) is 3.57 Å². The molecule has 0 aliphatic heterocycles. The summed E-state index contributed by atoms with van der Waals surface area (Å²) in [5.41, 5.74) is -0.228. The fraction of sp³-hybridized carbons (Fsp3) is 0.385. The summed E-state index contributed by atoms with van der Waals surface area (Å²) in [4.78, 5) is 22.7. The maximum absolute atomic E-state index is 11.8. The van der Waals surface area contributed by atoms with E-state index < -0.39 is 11.4 Å². The van der Waals surface area contributed by atoms with E-state index in [0.29, 0.717) is 18.5 Å². The van der Waals surface area contributed by atoms with E-state index in [2.05, 4.69) is 27.9 Å². The zero-order valence-corrected chi connectivity index (χ0v) is 12.5. The highest BCUT2D eigenvalue weighted by atomic mass is 127. The van der Waals surface area contributed by atoms with E-state index >= 15 is 0 Å². The van der Waals surface area contributed by atoms with Crippen molar-refractivity contribution in [3.63, 3.8) is 0 Å². The Morgan fingerprint density at radius 1 is 1.39 bits per heavy atom. The number of hydrogen-bond donors (Lipinski definition) is 2. The molecular formula is C13H16INO3. The smallest absolute Gasteiger partial charge is 0.309 e. The fourth-order valence-corrected chi connectivity index (χ4v) is 1.87. The van der Waals surface area contributed by atoms with Gasteiger partial charge < -0.3 is 10.4 Å². The Morgan fingerprint density at radius 3 is 2.61 bits per heavy atom. The van der Waals surface area contributed by atoms with E-state index in [1.165, 1.54) is 0 Å². The molecule has 2 N–H and O–H groups in total. The second-order valence-electron chi connectivity index (χ2n) is 4.71. The molecule has 4 nitrogen and oxygen atoms in total. The van der Waals surface area contributed by atoms with Crippen LogP contribution < -0.4 is 5.32 Å². The van der Waals surface area contributed by atoms with Gasteiger partial charge in [-0.25, -0.2) is 0 Å². The molecule has 5 heteroatoms. The average molecular weight is 361 g/mol. The van der Waals surface area contributed by atoms with Crippen molar-refractivity contribution in [3.8, 4) is 0 Å². The van der Waals surface area contributed by atoms with Crippen molar-refractivity contribution in [2.75, 3.05) is 6.54 Å². The molecule has 1 rings (SSSR count). The van der Waals surface area contributed by atoms with Crippen LogP contribution >= 0.6 is 22.6 Å². The lowest BCUT2D eigenvalue weighted by atomic mass is 9.90. The number of hydrogen-bond acceptors (Lipinski definition) is 2. The summed E-state index contributed by atoms with van der Waals surface area (Å²) in [7, 11) is 0. The van der Waals surface area contributed by atoms with Crippen LogP contribution in [0.2, 0.25) is 0 Å². The topological polar surface area (TPSA) is 66.4 Å². The number of carboxylic acid groups (broad SMARTS) is 1. The Bertz CT molecular complexity index is 457. The molecule has 0 aliphatic rings. The maximum atomic E-state index is 11.8. The minimum atomic E-state index is -0.856. The molecule has 0 heterocycles. The quantitative estimate of drug-likeness (QED) is 0.793. The van der Waals surface area contributed by atoms with Gasteiger partial charge >= 0.3 is 5.97 Å². The van der Waals surface area contributed by atoms with Crippen LogP contribution in [0.25, 0.3) is 0 Å². The van der Waals surface area contributed by atoms with Crippen molar-refractivity contribution >= 4 is 34.5 Å². The molecule has 0 aromatic heterocycles. The zero-order valence-electron chi connectivity index (χ0n) is 10.4. The molecule has 0 radical (unpaired) electrons. The molecule has 0 aliphatic carbocycles. The normalized spacial score (nSPS) is 11.1. The van der Waals surface area contributed by atoms with Crippen molar-refractivity contribution in [1.29, 1.82) is 0 Å². The first kappa shape index (κ1) is 14.9. The first-order valence-corrected chi connectivity index (χ1v) is 6.68. The molecule has 0 saturated heterocycles. The summed E-state index contributed by atoms with van der Waals surface area (Å²) in [5, 5.41) is 11.7. The van der Waals surface area contributed by atoms with Gasteiger partial charge in [-0.2, -0.15) is 0 Å². The Kier molecular flexibility index (Phi) is 5.13. The number of aliphatic carboxylic acids is 1. The minimum absolute atomic E-state index is 0.172. The van der Waals surface area contributed by atoms with Gasteiger partial charge in [-0.05, 0) is 61.1 Å². The van der Waals surface area contributed by atoms with Crippen molar-refractivity contribution in [3.05, 3.63) is 33.4 Å². The standard InChI is InChI=1S/C13H16INO3/c1-13(2,12(17)18)6-7-15-11(16)9-4-3-5-10(14)8-9/h3-5,8H,6-7H2,1-2H3,(H,15,16)(H,17,18). The van der Waals surface area contributed by atoms with Gasteiger partial charge in [0.05, 0.1) is 5.41 Å². The summed E-state index contributed by atoms with van der Waals surface area (Å²) in [5.74, 6) is -1.03. The number of carbonyl (C=O) groups is 2. The second kappa shape index (κ2) is 6.17. The van der Waals surface area contributed by atoms with Gasteiger partial charge in [0, 0.05) is 15.7 Å². The van der Waals surface area contributed by atoms with Crippen LogP contribution in [0.15, 0.2) is 24.3 Å². The molecule has 1 amide bonds. The van der Waals surface area contributed by atoms with Crippen LogP contribution in [0.5, 0.6) is 0 Å². The SMILES string of the molecule is CC(C)(CCNC(=O)c1cccc(I)c1)C(=O)O. The van der Waals surface area contributed by atoms with Crippen LogP contribution in [0.3, 0.4) is 0 Å². The molecule has 0 atom stereocenters. The molecule has 0 fully saturated rings. The van der Waals surface area contributed by atoms with Gasteiger partial charge in [-0.15, -0.1) is 0 Å². The number of amides is 1. The molecular weight excluding hydrogens is 345 g/mol. The highest BCUT2D eigenvalue weighted by molar-refractivity contribution is 14.1. The highest BCUT2D eigenvalue weighted by Crippen LogP contribution is 2.19. The molecule has 1 aromatic rings. The molecule has 0 bridgehead atoms. The Balaban J connectivity index is 2.50. The van der Waals surface area contributed by atoms with Crippen LogP contribution in [0.1, 0.15) is 30.6 Å². The van der Waals surface area contributed by atoms with Gasteiger partial charge in [0.25, 0.3) is 5.91 Å². The van der Waals surface area contributed by atoms with E-state index in [1.807, 2.05) is 12.1 Å². The van der Waals surface area contributed by atoms with Gasteiger partial charge in [0.15, 0.2) is 0 Å². The molecule has 98 valence electrons. The third-order valence-corrected chi connectivity index (χ3v) is 3.37. The first-order chi connectivity index (χ1) is 8.33. The largest absolute Gasteiger partial charge is 0.481 e. The summed E-state index contributed by atoms with van der Waals surface area (Å²) in [6, 6.07) is 7.25. The molecule has 1 aromatic carbocycles. The van der Waals surface area contributed by atoms with E-state index in [9.17, 15) is 9.59 Å². The zero-order chi connectivity index (χ0) is 13.8. The van der Waals surface area contributed by atoms with Gasteiger partial charge in [-0.1, -0.05) is 6.07 Å². The lowest BCUT2D eigenvalue weighted by Gasteiger charge is -2.18. The number of rotatable bonds is 5. The van der Waals surface area contributed by atoms with Crippen LogP contribution in [-0.4, -0.2) is 23.5 Å². The number of halogens is 1. The van der Waals surface area contributed by atoms with Crippen LogP contribution in [0.4, 0.5) is 0 Å². The number of carboxylic acids is 1. The lowest BCUT2D eigenvalue weighted by Crippen LogP contribution is -2.31. The van der Waals surface area contributed by atoms with Gasteiger partial charge in [-0.3, -0.25) is 9.59 Å². The van der Waals surface area contributed by atoms with E-state index in [-0.39, 0.29) is 5.91 Å². The molecule has 0 unspecified atom stereocenters. The predicted molar refractivity (Wildman–Crippen MR) is 77.5 cm³/mol. The van der Waals surface area contributed by atoms with Crippen LogP contribution in [-0.2, 0) is 4.79 Å². The summed E-state index contributed by atoms with van der Waals surface area (Å²) < 4.78 is 0.992. The number of benzene rings is 1. The Labute approximate surface area is 120 Å². The maximum Gasteiger partial charge on any atom is 0.309 e. The van der Waals surface area contributed by atoms with Gasteiger partial charge in [0.2, 0.25) is 0 Å². The summed E-state index contributed by atoms with van der Waals surface area (Å²) >= 11 is 2.14. The monoisotopic (exact) mass is 361 g/mol. The second-order valence-corrected chi connectivity index (χ2v) is 5.95. The fourth-order valence-electron chi connectivity index (χ4n) is 1.33. The predicted octanol–water partition coefficient (Wildman–Crippen LogP) is 2.52. The van der Waals surface area contributed by atoms with Crippen molar-refractivity contribution < 1.29 is 14.7 Å². The van der Waals surface area contributed by atoms with E-state index in [4.69, 9.17) is 5.11 Å². The van der Waals surface area contributed by atoms with E-state index in [1.54, 1.807) is 26.0 Å². The highest BCUT2D eigenvalue weighted by Gasteiger charge is 2.26. The van der Waals surface area contributed by atoms with Crippen molar-refractivity contribution in [2.45, 2.75) is 20.3 Å². The third kappa shape index (κ3) is 4.29. The Hall–Kier alpha value is -1.11. The van der Waals surface area contributed by atoms with Crippen molar-refractivity contribution in [2.24, 2.45) is 5.41 Å². The summed E-state index contributed by atoms with van der Waals surface area (Å²) in [6.07, 6.45) is 0.401. The summed E-state index contributed by atoms with van der Waals surface area (Å²) in [6.45, 7) is 3.64. The average Bonchev–Trinajstić information content (AvgIpc) is 2.28. The lowest BCUT2D eigenvalue weighted by molar-refractivity contribution is -0.147. The molecule has 0 spiro atoms. The van der Waals surface area contributed by atoms with Gasteiger partial charge in [0.1, 0.15) is 0 Å². The molecule has 18 heavy (non-hydrogen) atoms. The first-order valence-electron chi connectivity index (χ1n) is 5.60. The molecule has 0 saturated carbocycles. The van der Waals surface area contributed by atoms with Crippen molar-refractivity contribution in [1.82, 2.24) is 5.32 Å². The minimum Gasteiger partial charge on any atom is -0.481 e. The number of carbonyl (C=O) groups excluding carboxylic acids is 1. The number of nitrogens with one attached hydrogen (secondary N) is 1. The van der Waals surface area contributed by atoms with Crippen LogP contribution in [0, 0.1) is 8.99 Å². The third-order valence-electron chi connectivity index (χ3n) is 2.70. The Morgan fingerprint density at radius 2 is 2.06 bits per heavy atom.